The van der Waals surface area contributed by atoms with Crippen LogP contribution < -0.4 is 10.6 Å². The number of nitrogens with zero attached hydrogens (tertiary/aromatic N) is 4. The van der Waals surface area contributed by atoms with Gasteiger partial charge in [-0.1, -0.05) is 49.1 Å². The number of benzene rings is 2. The average molecular weight is 455 g/mol. The molecule has 0 spiro atoms. The van der Waals surface area contributed by atoms with E-state index in [1.54, 1.807) is 0 Å². The number of carbonyl (C=O) groups excluding carboxylic acids is 1. The van der Waals surface area contributed by atoms with Gasteiger partial charge in [0.05, 0.1) is 21.9 Å². The van der Waals surface area contributed by atoms with Gasteiger partial charge in [0.2, 0.25) is 11.0 Å². The summed E-state index contributed by atoms with van der Waals surface area (Å²) in [6.45, 7) is 4.27. The van der Waals surface area contributed by atoms with Crippen molar-refractivity contribution >= 4 is 51.2 Å². The first-order valence-electron chi connectivity index (χ1n) is 9.17. The van der Waals surface area contributed by atoms with Crippen LogP contribution in [0.4, 0.5) is 22.2 Å². The van der Waals surface area contributed by atoms with Crippen LogP contribution in [0.5, 0.6) is 0 Å². The first kappa shape index (κ1) is 22.2. The molecular weight excluding hydrogens is 436 g/mol. The van der Waals surface area contributed by atoms with Gasteiger partial charge in [-0.25, -0.2) is 0 Å². The fourth-order valence-corrected chi connectivity index (χ4v) is 4.13. The normalized spacial score (nSPS) is 10.5. The van der Waals surface area contributed by atoms with Crippen molar-refractivity contribution in [1.82, 2.24) is 10.2 Å². The monoisotopic (exact) mass is 454 g/mol. The number of nitro benzene ring substituents is 1. The Labute approximate surface area is 186 Å². The first-order valence-corrected chi connectivity index (χ1v) is 11.0. The number of aromatic nitrogens is 2. The maximum Gasteiger partial charge on any atom is 0.270 e. The largest absolute Gasteiger partial charge is 0.330 e. The third-order valence-corrected chi connectivity index (χ3v) is 6.14. The Morgan fingerprint density at radius 2 is 2.00 bits per heavy atom. The van der Waals surface area contributed by atoms with Gasteiger partial charge in [-0.2, -0.15) is 5.26 Å². The molecule has 2 N–H and O–H groups in total. The lowest BCUT2D eigenvalue weighted by Crippen LogP contribution is -2.15. The Morgan fingerprint density at radius 3 is 2.65 bits per heavy atom. The van der Waals surface area contributed by atoms with Gasteiger partial charge in [0, 0.05) is 17.8 Å². The summed E-state index contributed by atoms with van der Waals surface area (Å²) in [4.78, 5) is 22.4. The molecule has 0 radical (unpaired) electrons. The maximum atomic E-state index is 12.2. The topological polar surface area (TPSA) is 134 Å². The number of rotatable bonds is 8. The summed E-state index contributed by atoms with van der Waals surface area (Å²) in [6.07, 6.45) is 0. The predicted octanol–water partition coefficient (Wildman–Crippen LogP) is 4.92. The lowest BCUT2D eigenvalue weighted by Gasteiger charge is -2.07. The van der Waals surface area contributed by atoms with Gasteiger partial charge in [-0.15, -0.1) is 10.2 Å². The molecule has 1 amide bonds. The lowest BCUT2D eigenvalue weighted by atomic mass is 10.0. The predicted molar refractivity (Wildman–Crippen MR) is 121 cm³/mol. The van der Waals surface area contributed by atoms with Crippen LogP contribution in [0.1, 0.15) is 30.9 Å². The minimum Gasteiger partial charge on any atom is -0.330 e. The molecule has 0 bridgehead atoms. The van der Waals surface area contributed by atoms with Crippen molar-refractivity contribution in [1.29, 1.82) is 5.26 Å². The summed E-state index contributed by atoms with van der Waals surface area (Å²) in [5, 5.41) is 34.5. The van der Waals surface area contributed by atoms with E-state index in [1.807, 2.05) is 18.2 Å². The molecule has 3 aromatic rings. The van der Waals surface area contributed by atoms with Crippen LogP contribution in [0, 0.1) is 21.4 Å². The Kier molecular flexibility index (Phi) is 7.17. The molecular formula is C20H18N6O3S2. The number of nitrogens with one attached hydrogen (secondary N) is 2. The SMILES string of the molecule is CC(C)c1ccc(Nc2nnc(SCC(=O)Nc3ccc([N+](=O)[O-])cc3C#N)s2)cc1. The summed E-state index contributed by atoms with van der Waals surface area (Å²) >= 11 is 2.53. The van der Waals surface area contributed by atoms with E-state index >= 15 is 0 Å². The Bertz CT molecular complexity index is 1140. The summed E-state index contributed by atoms with van der Waals surface area (Å²) in [7, 11) is 0. The zero-order valence-corrected chi connectivity index (χ0v) is 18.3. The Morgan fingerprint density at radius 1 is 1.26 bits per heavy atom. The molecule has 9 nitrogen and oxygen atoms in total. The van der Waals surface area contributed by atoms with Crippen molar-refractivity contribution < 1.29 is 9.72 Å². The van der Waals surface area contributed by atoms with Crippen LogP contribution in [0.25, 0.3) is 0 Å². The van der Waals surface area contributed by atoms with E-state index in [9.17, 15) is 14.9 Å². The smallest absolute Gasteiger partial charge is 0.270 e. The molecule has 0 saturated heterocycles. The zero-order chi connectivity index (χ0) is 22.4. The van der Waals surface area contributed by atoms with Gasteiger partial charge < -0.3 is 10.6 Å². The standard InChI is InChI=1S/C20H18N6O3S2/c1-12(2)13-3-5-15(6-4-13)22-19-24-25-20(31-19)30-11-18(27)23-17-8-7-16(26(28)29)9-14(17)10-21/h3-9,12H,11H2,1-2H3,(H,22,24)(H,23,27). The van der Waals surface area contributed by atoms with Crippen LogP contribution in [-0.4, -0.2) is 26.8 Å². The van der Waals surface area contributed by atoms with E-state index in [0.717, 1.165) is 11.8 Å². The number of anilines is 3. The van der Waals surface area contributed by atoms with Crippen molar-refractivity contribution in [3.8, 4) is 6.07 Å². The number of carbonyl (C=O) groups is 1. The molecule has 11 heteroatoms. The second-order valence-electron chi connectivity index (χ2n) is 6.71. The van der Waals surface area contributed by atoms with Crippen LogP contribution in [0.3, 0.4) is 0 Å². The quantitative estimate of drug-likeness (QED) is 0.278. The summed E-state index contributed by atoms with van der Waals surface area (Å²) in [6, 6.07) is 13.6. The van der Waals surface area contributed by atoms with Gasteiger partial charge in [0.15, 0.2) is 4.34 Å². The van der Waals surface area contributed by atoms with Gasteiger partial charge in [0.25, 0.3) is 5.69 Å². The van der Waals surface area contributed by atoms with Crippen LogP contribution in [-0.2, 0) is 4.79 Å². The third-order valence-electron chi connectivity index (χ3n) is 4.17. The van der Waals surface area contributed by atoms with Crippen molar-refractivity contribution in [2.45, 2.75) is 24.1 Å². The van der Waals surface area contributed by atoms with E-state index in [4.69, 9.17) is 5.26 Å². The molecule has 0 fully saturated rings. The molecule has 0 aliphatic carbocycles. The van der Waals surface area contributed by atoms with Crippen LogP contribution in [0.15, 0.2) is 46.8 Å². The van der Waals surface area contributed by atoms with Crippen molar-refractivity contribution in [2.24, 2.45) is 0 Å². The number of nitriles is 1. The van der Waals surface area contributed by atoms with E-state index < -0.39 is 4.92 Å². The Balaban J connectivity index is 1.55. The highest BCUT2D eigenvalue weighted by Gasteiger charge is 2.14. The Hall–Kier alpha value is -3.49. The highest BCUT2D eigenvalue weighted by molar-refractivity contribution is 8.01. The molecule has 0 atom stereocenters. The molecule has 2 aromatic carbocycles. The minimum absolute atomic E-state index is 0.0263. The molecule has 1 heterocycles. The summed E-state index contributed by atoms with van der Waals surface area (Å²) < 4.78 is 0.612. The lowest BCUT2D eigenvalue weighted by molar-refractivity contribution is -0.384. The van der Waals surface area contributed by atoms with E-state index in [1.165, 1.54) is 40.8 Å². The van der Waals surface area contributed by atoms with Gasteiger partial charge >= 0.3 is 0 Å². The zero-order valence-electron chi connectivity index (χ0n) is 16.7. The number of hydrogen-bond acceptors (Lipinski definition) is 9. The number of nitro groups is 1. The highest BCUT2D eigenvalue weighted by Crippen LogP contribution is 2.29. The fourth-order valence-electron chi connectivity index (χ4n) is 2.55. The van der Waals surface area contributed by atoms with Crippen LogP contribution in [0.2, 0.25) is 0 Å². The second kappa shape index (κ2) is 10.0. The molecule has 31 heavy (non-hydrogen) atoms. The molecule has 158 valence electrons. The van der Waals surface area contributed by atoms with E-state index in [2.05, 4.69) is 46.8 Å². The highest BCUT2D eigenvalue weighted by atomic mass is 32.2. The molecule has 0 saturated carbocycles. The van der Waals surface area contributed by atoms with Gasteiger partial charge in [0.1, 0.15) is 6.07 Å². The number of non-ortho nitro benzene ring substituents is 1. The maximum absolute atomic E-state index is 12.2. The van der Waals surface area contributed by atoms with Gasteiger partial charge in [-0.05, 0) is 29.7 Å². The van der Waals surface area contributed by atoms with E-state index in [-0.39, 0.29) is 28.6 Å². The second-order valence-corrected chi connectivity index (χ2v) is 8.91. The molecule has 1 aromatic heterocycles. The number of hydrogen-bond donors (Lipinski definition) is 2. The molecule has 3 rings (SSSR count). The van der Waals surface area contributed by atoms with E-state index in [0.29, 0.717) is 15.4 Å². The summed E-state index contributed by atoms with van der Waals surface area (Å²) in [5.74, 6) is 0.156. The third kappa shape index (κ3) is 6.00. The first-order chi connectivity index (χ1) is 14.9. The van der Waals surface area contributed by atoms with Gasteiger partial charge in [-0.3, -0.25) is 14.9 Å². The molecule has 0 aliphatic heterocycles. The van der Waals surface area contributed by atoms with Crippen molar-refractivity contribution in [3.05, 3.63) is 63.7 Å². The number of thioether (sulfide) groups is 1. The fraction of sp³-hybridized carbons (Fsp3) is 0.200. The van der Waals surface area contributed by atoms with Crippen molar-refractivity contribution in [2.75, 3.05) is 16.4 Å². The molecule has 0 aliphatic rings. The van der Waals surface area contributed by atoms with Crippen LogP contribution >= 0.6 is 23.1 Å². The van der Waals surface area contributed by atoms with Crippen molar-refractivity contribution in [3.63, 3.8) is 0 Å². The summed E-state index contributed by atoms with van der Waals surface area (Å²) in [5.41, 5.74) is 2.19. The molecule has 0 unspecified atom stereocenters. The average Bonchev–Trinajstić information content (AvgIpc) is 3.20. The minimum atomic E-state index is -0.595. The number of amides is 1.